The normalized spacial score (nSPS) is 17.3. The van der Waals surface area contributed by atoms with Crippen LogP contribution in [0.15, 0.2) is 54.6 Å². The number of hydrogen-bond donors (Lipinski definition) is 1. The fourth-order valence-corrected chi connectivity index (χ4v) is 4.80. The molecule has 1 atom stereocenters. The fourth-order valence-electron chi connectivity index (χ4n) is 4.80. The second-order valence-corrected chi connectivity index (χ2v) is 9.28. The Kier molecular flexibility index (Phi) is 7.16. The van der Waals surface area contributed by atoms with Gasteiger partial charge >= 0.3 is 0 Å². The van der Waals surface area contributed by atoms with Crippen molar-refractivity contribution in [2.75, 3.05) is 38.2 Å². The maximum atomic E-state index is 14.0. The molecule has 0 radical (unpaired) electrons. The third-order valence-corrected chi connectivity index (χ3v) is 6.54. The number of anilines is 1. The van der Waals surface area contributed by atoms with Gasteiger partial charge in [0.15, 0.2) is 0 Å². The summed E-state index contributed by atoms with van der Waals surface area (Å²) in [5, 5.41) is 15.3. The Hall–Kier alpha value is -3.82. The molecular formula is C28H27F2N3O4. The molecule has 1 saturated heterocycles. The minimum atomic E-state index is -0.451. The lowest BCUT2D eigenvalue weighted by atomic mass is 9.92. The summed E-state index contributed by atoms with van der Waals surface area (Å²) in [7, 11) is 0. The average molecular weight is 508 g/mol. The smallest absolute Gasteiger partial charge is 0.292 e. The van der Waals surface area contributed by atoms with Crippen LogP contribution >= 0.6 is 0 Å². The van der Waals surface area contributed by atoms with E-state index in [-0.39, 0.29) is 18.3 Å². The van der Waals surface area contributed by atoms with Gasteiger partial charge in [-0.2, -0.15) is 0 Å². The maximum absolute atomic E-state index is 14.0. The predicted octanol–water partition coefficient (Wildman–Crippen LogP) is 5.49. The minimum Gasteiger partial charge on any atom is -0.488 e. The number of nitrogens with zero attached hydrogens (tertiary/aromatic N) is 2. The van der Waals surface area contributed by atoms with E-state index in [0.717, 1.165) is 25.2 Å². The Morgan fingerprint density at radius 3 is 2.54 bits per heavy atom. The summed E-state index contributed by atoms with van der Waals surface area (Å²) in [4.78, 5) is 13.8. The van der Waals surface area contributed by atoms with E-state index in [1.54, 1.807) is 30.3 Å². The molecule has 0 amide bonds. The van der Waals surface area contributed by atoms with Gasteiger partial charge in [-0.05, 0) is 60.0 Å². The Labute approximate surface area is 213 Å². The minimum absolute atomic E-state index is 0.0106. The third-order valence-electron chi connectivity index (χ3n) is 6.54. The van der Waals surface area contributed by atoms with Gasteiger partial charge in [-0.1, -0.05) is 12.1 Å². The molecule has 9 heteroatoms. The summed E-state index contributed by atoms with van der Waals surface area (Å²) in [5.74, 6) is -0.531. The maximum Gasteiger partial charge on any atom is 0.292 e. The first-order valence-electron chi connectivity index (χ1n) is 12.2. The molecule has 1 N–H and O–H groups in total. The third kappa shape index (κ3) is 5.63. The fraction of sp³-hybridized carbons (Fsp3) is 0.286. The molecule has 0 saturated carbocycles. The van der Waals surface area contributed by atoms with Gasteiger partial charge in [0.1, 0.15) is 29.7 Å². The van der Waals surface area contributed by atoms with Crippen molar-refractivity contribution in [1.82, 2.24) is 4.90 Å². The lowest BCUT2D eigenvalue weighted by Gasteiger charge is -2.29. The number of benzene rings is 3. The van der Waals surface area contributed by atoms with Crippen molar-refractivity contribution in [3.05, 3.63) is 98.6 Å². The molecule has 1 fully saturated rings. The van der Waals surface area contributed by atoms with E-state index in [4.69, 9.17) is 9.47 Å². The van der Waals surface area contributed by atoms with Crippen LogP contribution in [0.25, 0.3) is 11.6 Å². The Bertz CT molecular complexity index is 1300. The van der Waals surface area contributed by atoms with Gasteiger partial charge in [-0.15, -0.1) is 0 Å². The van der Waals surface area contributed by atoms with E-state index in [0.29, 0.717) is 46.9 Å². The van der Waals surface area contributed by atoms with Crippen LogP contribution in [-0.2, 0) is 11.3 Å². The molecule has 2 aliphatic heterocycles. The average Bonchev–Trinajstić information content (AvgIpc) is 3.01. The topological polar surface area (TPSA) is 76.9 Å². The highest BCUT2D eigenvalue weighted by Gasteiger charge is 2.22. The number of rotatable bonds is 6. The van der Waals surface area contributed by atoms with E-state index in [9.17, 15) is 18.9 Å². The summed E-state index contributed by atoms with van der Waals surface area (Å²) >= 11 is 0. The number of nitro benzene ring substituents is 1. The van der Waals surface area contributed by atoms with E-state index in [1.165, 1.54) is 30.3 Å². The molecule has 192 valence electrons. The van der Waals surface area contributed by atoms with Gasteiger partial charge in [0.05, 0.1) is 18.1 Å². The number of morpholine rings is 1. The molecule has 0 aliphatic carbocycles. The summed E-state index contributed by atoms with van der Waals surface area (Å²) in [6.45, 7) is 5.85. The first kappa shape index (κ1) is 24.9. The van der Waals surface area contributed by atoms with Crippen LogP contribution in [0.1, 0.15) is 29.2 Å². The molecule has 0 spiro atoms. The van der Waals surface area contributed by atoms with Gasteiger partial charge < -0.3 is 14.8 Å². The van der Waals surface area contributed by atoms with Crippen molar-refractivity contribution in [2.24, 2.45) is 0 Å². The molecule has 0 aromatic heterocycles. The first-order valence-corrected chi connectivity index (χ1v) is 12.2. The quantitative estimate of drug-likeness (QED) is 0.351. The second-order valence-electron chi connectivity index (χ2n) is 9.28. The highest BCUT2D eigenvalue weighted by molar-refractivity contribution is 5.95. The van der Waals surface area contributed by atoms with Crippen LogP contribution in [0.3, 0.4) is 0 Å². The van der Waals surface area contributed by atoms with Crippen molar-refractivity contribution < 1.29 is 23.2 Å². The van der Waals surface area contributed by atoms with Gasteiger partial charge in [-0.3, -0.25) is 15.0 Å². The van der Waals surface area contributed by atoms with Gasteiger partial charge in [0.25, 0.3) is 5.69 Å². The lowest BCUT2D eigenvalue weighted by molar-refractivity contribution is -0.384. The standard InChI is InChI=1S/C28H27F2N3O4/c1-18(16-32-8-10-36-11-9-32)31-26-7-2-19(13-27(26)33(34)35)12-25-23-5-3-21(29)14-20(23)17-37-28-15-22(30)4-6-24(25)28/h2-7,12-15,18,31H,8-11,16-17H2,1H3. The van der Waals surface area contributed by atoms with Crippen LogP contribution in [0, 0.1) is 21.7 Å². The zero-order valence-electron chi connectivity index (χ0n) is 20.4. The van der Waals surface area contributed by atoms with Crippen LogP contribution in [-0.4, -0.2) is 48.7 Å². The molecule has 7 nitrogen and oxygen atoms in total. The predicted molar refractivity (Wildman–Crippen MR) is 138 cm³/mol. The SMILES string of the molecule is CC(CN1CCOCC1)Nc1ccc(C=C2c3ccc(F)cc3COc3cc(F)ccc32)cc1[N+](=O)[O-]. The molecule has 3 aromatic carbocycles. The molecule has 0 bridgehead atoms. The summed E-state index contributed by atoms with van der Waals surface area (Å²) in [5.41, 5.74) is 3.58. The van der Waals surface area contributed by atoms with Crippen molar-refractivity contribution in [1.29, 1.82) is 0 Å². The van der Waals surface area contributed by atoms with Crippen LogP contribution in [0.4, 0.5) is 20.2 Å². The molecule has 37 heavy (non-hydrogen) atoms. The second kappa shape index (κ2) is 10.7. The Balaban J connectivity index is 1.50. The monoisotopic (exact) mass is 507 g/mol. The van der Waals surface area contributed by atoms with Crippen molar-refractivity contribution in [3.8, 4) is 5.75 Å². The molecular weight excluding hydrogens is 480 g/mol. The zero-order chi connectivity index (χ0) is 25.9. The summed E-state index contributed by atoms with van der Waals surface area (Å²) < 4.78 is 39.1. The highest BCUT2D eigenvalue weighted by atomic mass is 19.1. The van der Waals surface area contributed by atoms with Gasteiger partial charge in [-0.25, -0.2) is 8.78 Å². The van der Waals surface area contributed by atoms with Crippen molar-refractivity contribution in [2.45, 2.75) is 19.6 Å². The lowest BCUT2D eigenvalue weighted by Crippen LogP contribution is -2.42. The zero-order valence-corrected chi connectivity index (χ0v) is 20.4. The molecule has 3 aromatic rings. The molecule has 2 aliphatic rings. The summed E-state index contributed by atoms with van der Waals surface area (Å²) in [6, 6.07) is 13.6. The van der Waals surface area contributed by atoms with Crippen LogP contribution in [0.5, 0.6) is 5.75 Å². The number of nitro groups is 1. The van der Waals surface area contributed by atoms with Crippen molar-refractivity contribution in [3.63, 3.8) is 0 Å². The van der Waals surface area contributed by atoms with Crippen molar-refractivity contribution >= 4 is 23.0 Å². The molecule has 5 rings (SSSR count). The number of ether oxygens (including phenoxy) is 2. The van der Waals surface area contributed by atoms with Gasteiger partial charge in [0, 0.05) is 48.9 Å². The number of hydrogen-bond acceptors (Lipinski definition) is 6. The Morgan fingerprint density at radius 1 is 1.05 bits per heavy atom. The molecule has 1 unspecified atom stereocenters. The van der Waals surface area contributed by atoms with Gasteiger partial charge in [0.2, 0.25) is 0 Å². The van der Waals surface area contributed by atoms with E-state index >= 15 is 0 Å². The van der Waals surface area contributed by atoms with E-state index in [1.807, 2.05) is 6.92 Å². The number of nitrogens with one attached hydrogen (secondary N) is 1. The Morgan fingerprint density at radius 2 is 1.78 bits per heavy atom. The number of halogens is 2. The summed E-state index contributed by atoms with van der Waals surface area (Å²) in [6.07, 6.45) is 1.79. The van der Waals surface area contributed by atoms with Crippen LogP contribution in [0.2, 0.25) is 0 Å². The van der Waals surface area contributed by atoms with E-state index < -0.39 is 16.6 Å². The number of fused-ring (bicyclic) bond motifs is 2. The molecule has 2 heterocycles. The van der Waals surface area contributed by atoms with E-state index in [2.05, 4.69) is 10.2 Å². The highest BCUT2D eigenvalue weighted by Crippen LogP contribution is 2.39. The van der Waals surface area contributed by atoms with Crippen LogP contribution < -0.4 is 10.1 Å². The largest absolute Gasteiger partial charge is 0.488 e. The first-order chi connectivity index (χ1) is 17.9.